The van der Waals surface area contributed by atoms with Crippen molar-refractivity contribution in [2.24, 2.45) is 11.7 Å². The Morgan fingerprint density at radius 3 is 2.68 bits per heavy atom. The molecule has 0 spiro atoms. The van der Waals surface area contributed by atoms with Gasteiger partial charge in [0.2, 0.25) is 10.0 Å². The van der Waals surface area contributed by atoms with Crippen molar-refractivity contribution in [3.8, 4) is 0 Å². The molecule has 1 aromatic rings. The molecule has 3 N–H and O–H groups in total. The van der Waals surface area contributed by atoms with E-state index in [0.717, 1.165) is 25.0 Å². The molecule has 19 heavy (non-hydrogen) atoms. The highest BCUT2D eigenvalue weighted by Crippen LogP contribution is 2.33. The Morgan fingerprint density at radius 2 is 2.16 bits per heavy atom. The lowest BCUT2D eigenvalue weighted by Crippen LogP contribution is -2.41. The fourth-order valence-electron chi connectivity index (χ4n) is 1.81. The summed E-state index contributed by atoms with van der Waals surface area (Å²) in [5.41, 5.74) is 5.54. The Morgan fingerprint density at radius 1 is 1.53 bits per heavy atom. The molecule has 1 aliphatic rings. The molecule has 1 fully saturated rings. The second-order valence-corrected chi connectivity index (χ2v) is 7.44. The maximum absolute atomic E-state index is 13.8. The first-order valence-corrected chi connectivity index (χ1v) is 8.37. The van der Waals surface area contributed by atoms with Crippen molar-refractivity contribution in [2.45, 2.75) is 23.8 Å². The minimum atomic E-state index is -3.96. The predicted molar refractivity (Wildman–Crippen MR) is 75.0 cm³/mol. The van der Waals surface area contributed by atoms with E-state index >= 15 is 0 Å². The molecule has 1 unspecified atom stereocenters. The van der Waals surface area contributed by atoms with E-state index in [4.69, 9.17) is 17.3 Å². The molecule has 8 heteroatoms. The first kappa shape index (κ1) is 15.2. The summed E-state index contributed by atoms with van der Waals surface area (Å²) in [5, 5.41) is 0.137. The van der Waals surface area contributed by atoms with E-state index < -0.39 is 20.7 Å². The van der Waals surface area contributed by atoms with Crippen LogP contribution in [0.3, 0.4) is 0 Å². The van der Waals surface area contributed by atoms with Crippen molar-refractivity contribution in [3.05, 3.63) is 27.4 Å². The minimum absolute atomic E-state index is 0.137. The summed E-state index contributed by atoms with van der Waals surface area (Å²) >= 11 is 8.84. The largest absolute Gasteiger partial charge is 0.329 e. The normalized spacial score (nSPS) is 17.5. The molecule has 0 heterocycles. The molecule has 4 nitrogen and oxygen atoms in total. The van der Waals surface area contributed by atoms with Crippen LogP contribution in [0, 0.1) is 11.7 Å². The van der Waals surface area contributed by atoms with Crippen molar-refractivity contribution >= 4 is 37.6 Å². The number of hydrogen-bond donors (Lipinski definition) is 2. The van der Waals surface area contributed by atoms with E-state index in [0.29, 0.717) is 4.47 Å². The second kappa shape index (κ2) is 5.65. The topological polar surface area (TPSA) is 72.2 Å². The first-order valence-electron chi connectivity index (χ1n) is 5.72. The molecule has 0 aliphatic heterocycles. The van der Waals surface area contributed by atoms with Crippen LogP contribution in [0.4, 0.5) is 4.39 Å². The van der Waals surface area contributed by atoms with E-state index in [1.165, 1.54) is 0 Å². The number of sulfonamides is 1. The van der Waals surface area contributed by atoms with Crippen LogP contribution in [0.25, 0.3) is 0 Å². The third-order valence-electron chi connectivity index (χ3n) is 3.02. The lowest BCUT2D eigenvalue weighted by atomic mass is 10.2. The Labute approximate surface area is 124 Å². The van der Waals surface area contributed by atoms with Crippen molar-refractivity contribution < 1.29 is 12.8 Å². The van der Waals surface area contributed by atoms with E-state index in [9.17, 15) is 12.8 Å². The molecular weight excluding hydrogens is 359 g/mol. The average Bonchev–Trinajstić information content (AvgIpc) is 3.14. The fraction of sp³-hybridized carbons (Fsp3) is 0.455. The summed E-state index contributed by atoms with van der Waals surface area (Å²) in [6.07, 6.45) is 1.88. The van der Waals surface area contributed by atoms with E-state index in [2.05, 4.69) is 20.7 Å². The van der Waals surface area contributed by atoms with Crippen LogP contribution in [-0.4, -0.2) is 21.0 Å². The molecule has 106 valence electrons. The highest BCUT2D eigenvalue weighted by Gasteiger charge is 2.34. The van der Waals surface area contributed by atoms with Gasteiger partial charge < -0.3 is 5.73 Å². The summed E-state index contributed by atoms with van der Waals surface area (Å²) in [5.74, 6) is -0.607. The predicted octanol–water partition coefficient (Wildman–Crippen LogP) is 2.26. The third-order valence-corrected chi connectivity index (χ3v) is 5.72. The van der Waals surface area contributed by atoms with Gasteiger partial charge in [-0.15, -0.1) is 0 Å². The average molecular weight is 372 g/mol. The molecule has 2 rings (SSSR count). The number of nitrogens with two attached hydrogens (primary N) is 1. The summed E-state index contributed by atoms with van der Waals surface area (Å²) in [4.78, 5) is -0.459. The summed E-state index contributed by atoms with van der Waals surface area (Å²) in [7, 11) is -3.96. The molecule has 1 atom stereocenters. The van der Waals surface area contributed by atoms with Crippen molar-refractivity contribution in [1.29, 1.82) is 0 Å². The van der Waals surface area contributed by atoms with Gasteiger partial charge in [-0.25, -0.2) is 17.5 Å². The van der Waals surface area contributed by atoms with Gasteiger partial charge in [0.05, 0.1) is 5.02 Å². The molecule has 0 aromatic heterocycles. The molecular formula is C11H13BrClFN2O2S. The Bertz CT molecular complexity index is 593. The van der Waals surface area contributed by atoms with E-state index in [1.807, 2.05) is 0 Å². The maximum atomic E-state index is 13.8. The minimum Gasteiger partial charge on any atom is -0.329 e. The molecule has 1 saturated carbocycles. The molecule has 1 aromatic carbocycles. The Balaban J connectivity index is 2.31. The monoisotopic (exact) mass is 370 g/mol. The number of rotatable bonds is 5. The van der Waals surface area contributed by atoms with Crippen LogP contribution in [0.2, 0.25) is 5.02 Å². The summed E-state index contributed by atoms with van der Waals surface area (Å²) < 4.78 is 40.8. The van der Waals surface area contributed by atoms with Crippen molar-refractivity contribution in [1.82, 2.24) is 4.72 Å². The van der Waals surface area contributed by atoms with Gasteiger partial charge >= 0.3 is 0 Å². The lowest BCUT2D eigenvalue weighted by Gasteiger charge is -2.16. The number of nitrogens with one attached hydrogen (secondary N) is 1. The zero-order valence-electron chi connectivity index (χ0n) is 9.87. The van der Waals surface area contributed by atoms with Gasteiger partial charge in [-0.1, -0.05) is 11.6 Å². The van der Waals surface area contributed by atoms with Gasteiger partial charge in [0, 0.05) is 17.1 Å². The van der Waals surface area contributed by atoms with Gasteiger partial charge in [0.1, 0.15) is 10.7 Å². The molecule has 0 amide bonds. The smallest absolute Gasteiger partial charge is 0.243 e. The Hall–Kier alpha value is -0.210. The van der Waals surface area contributed by atoms with Crippen molar-refractivity contribution in [3.63, 3.8) is 0 Å². The van der Waals surface area contributed by atoms with Gasteiger partial charge in [-0.3, -0.25) is 0 Å². The van der Waals surface area contributed by atoms with Crippen LogP contribution in [0.1, 0.15) is 12.8 Å². The van der Waals surface area contributed by atoms with E-state index in [1.54, 1.807) is 0 Å². The SMILES string of the molecule is NCC(NS(=O)(=O)c1cc(Cl)c(Br)cc1F)C1CC1. The van der Waals surface area contributed by atoms with Crippen LogP contribution < -0.4 is 10.5 Å². The highest BCUT2D eigenvalue weighted by atomic mass is 79.9. The molecule has 1 aliphatic carbocycles. The van der Waals surface area contributed by atoms with Gasteiger partial charge in [-0.2, -0.15) is 0 Å². The zero-order chi connectivity index (χ0) is 14.2. The molecule has 0 radical (unpaired) electrons. The van der Waals surface area contributed by atoms with Crippen molar-refractivity contribution in [2.75, 3.05) is 6.54 Å². The number of benzene rings is 1. The summed E-state index contributed by atoms with van der Waals surface area (Å²) in [6.45, 7) is 0.190. The standard InChI is InChI=1S/C11H13BrClFN2O2S/c12-7-3-9(14)11(4-8(7)13)19(17,18)16-10(5-15)6-1-2-6/h3-4,6,10,16H,1-2,5,15H2. The van der Waals surface area contributed by atoms with Crippen LogP contribution >= 0.6 is 27.5 Å². The van der Waals surface area contributed by atoms with Gasteiger partial charge in [0.15, 0.2) is 0 Å². The quantitative estimate of drug-likeness (QED) is 0.780. The third kappa shape index (κ3) is 3.46. The second-order valence-electron chi connectivity index (χ2n) is 4.50. The fourth-order valence-corrected chi connectivity index (χ4v) is 3.76. The lowest BCUT2D eigenvalue weighted by molar-refractivity contribution is 0.511. The number of halogens is 3. The Kier molecular flexibility index (Phi) is 4.52. The van der Waals surface area contributed by atoms with E-state index in [-0.39, 0.29) is 23.5 Å². The first-order chi connectivity index (χ1) is 8.85. The van der Waals surface area contributed by atoms with Crippen LogP contribution in [-0.2, 0) is 10.0 Å². The maximum Gasteiger partial charge on any atom is 0.243 e. The number of hydrogen-bond acceptors (Lipinski definition) is 3. The molecule has 0 saturated heterocycles. The summed E-state index contributed by atoms with van der Waals surface area (Å²) in [6, 6.07) is 1.77. The van der Waals surface area contributed by atoms with Crippen LogP contribution in [0.5, 0.6) is 0 Å². The zero-order valence-corrected chi connectivity index (χ0v) is 13.0. The van der Waals surface area contributed by atoms with Gasteiger partial charge in [0.25, 0.3) is 0 Å². The van der Waals surface area contributed by atoms with Gasteiger partial charge in [-0.05, 0) is 46.8 Å². The van der Waals surface area contributed by atoms with Crippen LogP contribution in [0.15, 0.2) is 21.5 Å². The highest BCUT2D eigenvalue weighted by molar-refractivity contribution is 9.10. The molecule has 0 bridgehead atoms.